The normalized spacial score (nSPS) is 17.3. The molecule has 1 fully saturated rings. The molecule has 1 aliphatic heterocycles. The van der Waals surface area contributed by atoms with Crippen LogP contribution in [0.15, 0.2) is 48.8 Å². The number of aromatic nitrogens is 1. The van der Waals surface area contributed by atoms with Crippen LogP contribution in [-0.2, 0) is 6.54 Å². The molecule has 0 saturated carbocycles. The van der Waals surface area contributed by atoms with Gasteiger partial charge in [0.2, 0.25) is 0 Å². The highest BCUT2D eigenvalue weighted by atomic mass is 19.4. The highest BCUT2D eigenvalue weighted by molar-refractivity contribution is 5.62. The van der Waals surface area contributed by atoms with Crippen molar-refractivity contribution in [2.24, 2.45) is 0 Å². The van der Waals surface area contributed by atoms with E-state index in [1.54, 1.807) is 12.4 Å². The van der Waals surface area contributed by atoms with Crippen LogP contribution in [0.25, 0.3) is 11.1 Å². The van der Waals surface area contributed by atoms with Crippen molar-refractivity contribution in [2.45, 2.75) is 12.8 Å². The number of halogens is 3. The number of alkyl halides is 3. The quantitative estimate of drug-likeness (QED) is 0.808. The Bertz CT molecular complexity index is 635. The van der Waals surface area contributed by atoms with Crippen LogP contribution in [0.3, 0.4) is 0 Å². The van der Waals surface area contributed by atoms with Gasteiger partial charge in [-0.2, -0.15) is 13.2 Å². The Kier molecular flexibility index (Phi) is 4.63. The van der Waals surface area contributed by atoms with E-state index in [-0.39, 0.29) is 13.1 Å². The zero-order valence-corrected chi connectivity index (χ0v) is 12.6. The average Bonchev–Trinajstić information content (AvgIpc) is 2.56. The molecule has 23 heavy (non-hydrogen) atoms. The second-order valence-corrected chi connectivity index (χ2v) is 5.68. The van der Waals surface area contributed by atoms with Gasteiger partial charge in [0.15, 0.2) is 0 Å². The smallest absolute Gasteiger partial charge is 0.296 e. The average molecular weight is 321 g/mol. The van der Waals surface area contributed by atoms with Crippen molar-refractivity contribution in [3.05, 3.63) is 54.4 Å². The minimum Gasteiger partial charge on any atom is -0.296 e. The fourth-order valence-corrected chi connectivity index (χ4v) is 2.78. The van der Waals surface area contributed by atoms with E-state index in [2.05, 4.69) is 11.1 Å². The van der Waals surface area contributed by atoms with Crippen LogP contribution in [0.5, 0.6) is 0 Å². The Morgan fingerprint density at radius 3 is 2.26 bits per heavy atom. The summed E-state index contributed by atoms with van der Waals surface area (Å²) in [4.78, 5) is 6.87. The fourth-order valence-electron chi connectivity index (χ4n) is 2.78. The van der Waals surface area contributed by atoms with Gasteiger partial charge in [-0.3, -0.25) is 9.88 Å². The molecule has 0 atom stereocenters. The topological polar surface area (TPSA) is 19.4 Å². The first-order valence-corrected chi connectivity index (χ1v) is 7.56. The largest absolute Gasteiger partial charge is 0.460 e. The van der Waals surface area contributed by atoms with E-state index in [9.17, 15) is 13.2 Å². The van der Waals surface area contributed by atoms with Gasteiger partial charge in [-0.05, 0) is 17.2 Å². The summed E-state index contributed by atoms with van der Waals surface area (Å²) in [7, 11) is 0. The Morgan fingerprint density at radius 1 is 0.913 bits per heavy atom. The van der Waals surface area contributed by atoms with Crippen LogP contribution in [0.4, 0.5) is 13.2 Å². The maximum Gasteiger partial charge on any atom is 0.460 e. The third kappa shape index (κ3) is 4.09. The Labute approximate surface area is 133 Å². The van der Waals surface area contributed by atoms with Gasteiger partial charge >= 0.3 is 6.30 Å². The van der Waals surface area contributed by atoms with E-state index < -0.39 is 6.30 Å². The Morgan fingerprint density at radius 2 is 1.61 bits per heavy atom. The lowest BCUT2D eigenvalue weighted by Crippen LogP contribution is -2.51. The lowest BCUT2D eigenvalue weighted by Gasteiger charge is -2.35. The molecule has 1 aliphatic rings. The predicted molar refractivity (Wildman–Crippen MR) is 82.6 cm³/mol. The molecule has 3 nitrogen and oxygen atoms in total. The van der Waals surface area contributed by atoms with E-state index in [4.69, 9.17) is 0 Å². The lowest BCUT2D eigenvalue weighted by molar-refractivity contribution is -0.252. The molecule has 0 amide bonds. The maximum absolute atomic E-state index is 12.6. The predicted octanol–water partition coefficient (Wildman–Crippen LogP) is 3.39. The Balaban J connectivity index is 1.64. The van der Waals surface area contributed by atoms with Crippen molar-refractivity contribution in [3.63, 3.8) is 0 Å². The number of piperazine rings is 1. The summed E-state index contributed by atoms with van der Waals surface area (Å²) >= 11 is 0. The maximum atomic E-state index is 12.6. The molecule has 0 bridgehead atoms. The number of pyridine rings is 1. The first kappa shape index (κ1) is 16.0. The monoisotopic (exact) mass is 321 g/mol. The van der Waals surface area contributed by atoms with Gasteiger partial charge in [-0.1, -0.05) is 30.3 Å². The molecule has 0 N–H and O–H groups in total. The first-order valence-electron chi connectivity index (χ1n) is 7.56. The fraction of sp³-hybridized carbons (Fsp3) is 0.353. The molecule has 1 saturated heterocycles. The summed E-state index contributed by atoms with van der Waals surface area (Å²) in [6.07, 6.45) is -0.635. The molecule has 2 aromatic rings. The van der Waals surface area contributed by atoms with Gasteiger partial charge in [0.25, 0.3) is 0 Å². The minimum atomic E-state index is -4.22. The van der Waals surface area contributed by atoms with E-state index in [0.717, 1.165) is 16.7 Å². The van der Waals surface area contributed by atoms with Crippen LogP contribution in [-0.4, -0.2) is 47.3 Å². The molecule has 1 aromatic carbocycles. The molecule has 6 heteroatoms. The Hall–Kier alpha value is -1.92. The minimum absolute atomic E-state index is 0.0231. The van der Waals surface area contributed by atoms with Gasteiger partial charge in [-0.25, -0.2) is 4.90 Å². The van der Waals surface area contributed by atoms with E-state index in [0.29, 0.717) is 24.5 Å². The highest BCUT2D eigenvalue weighted by Gasteiger charge is 2.38. The van der Waals surface area contributed by atoms with Crippen molar-refractivity contribution in [2.75, 3.05) is 26.2 Å². The van der Waals surface area contributed by atoms with Crippen LogP contribution < -0.4 is 0 Å². The van der Waals surface area contributed by atoms with Crippen LogP contribution in [0, 0.1) is 0 Å². The summed E-state index contributed by atoms with van der Waals surface area (Å²) in [5.74, 6) is 0. The summed E-state index contributed by atoms with van der Waals surface area (Å²) in [6, 6.07) is 12.0. The van der Waals surface area contributed by atoms with Crippen LogP contribution in [0.2, 0.25) is 0 Å². The van der Waals surface area contributed by atoms with Crippen molar-refractivity contribution >= 4 is 0 Å². The zero-order chi connectivity index (χ0) is 16.3. The standard InChI is InChI=1S/C17H18F3N3/c18-17(19,20)23-8-6-22(7-9-23)13-14-10-16(12-21-11-14)15-4-2-1-3-5-15/h1-5,10-12H,6-9,13H2. The molecule has 122 valence electrons. The molecule has 3 rings (SSSR count). The van der Waals surface area contributed by atoms with Crippen molar-refractivity contribution in [3.8, 4) is 11.1 Å². The van der Waals surface area contributed by atoms with E-state index >= 15 is 0 Å². The molecule has 0 unspecified atom stereocenters. The van der Waals surface area contributed by atoms with Crippen LogP contribution in [0.1, 0.15) is 5.56 Å². The SMILES string of the molecule is FC(F)(F)N1CCN(Cc2cncc(-c3ccccc3)c2)CC1. The summed E-state index contributed by atoms with van der Waals surface area (Å²) in [5, 5.41) is 0. The van der Waals surface area contributed by atoms with Crippen molar-refractivity contribution in [1.82, 2.24) is 14.8 Å². The summed E-state index contributed by atoms with van der Waals surface area (Å²) in [6.45, 7) is 1.49. The molecular weight excluding hydrogens is 303 g/mol. The number of benzene rings is 1. The van der Waals surface area contributed by atoms with E-state index in [1.165, 1.54) is 0 Å². The van der Waals surface area contributed by atoms with Gasteiger partial charge in [0.1, 0.15) is 0 Å². The summed E-state index contributed by atoms with van der Waals surface area (Å²) in [5.41, 5.74) is 3.13. The van der Waals surface area contributed by atoms with Crippen molar-refractivity contribution in [1.29, 1.82) is 0 Å². The van der Waals surface area contributed by atoms with Crippen LogP contribution >= 0.6 is 0 Å². The van der Waals surface area contributed by atoms with Crippen molar-refractivity contribution < 1.29 is 13.2 Å². The number of hydrogen-bond donors (Lipinski definition) is 0. The molecular formula is C17H18F3N3. The third-order valence-electron chi connectivity index (χ3n) is 4.04. The number of rotatable bonds is 3. The zero-order valence-electron chi connectivity index (χ0n) is 12.6. The third-order valence-corrected chi connectivity index (χ3v) is 4.04. The second-order valence-electron chi connectivity index (χ2n) is 5.68. The van der Waals surface area contributed by atoms with Gasteiger partial charge < -0.3 is 0 Å². The second kappa shape index (κ2) is 6.68. The first-order chi connectivity index (χ1) is 11.0. The number of hydrogen-bond acceptors (Lipinski definition) is 3. The molecule has 1 aromatic heterocycles. The van der Waals surface area contributed by atoms with Gasteiger partial charge in [0, 0.05) is 50.7 Å². The molecule has 2 heterocycles. The van der Waals surface area contributed by atoms with Gasteiger partial charge in [-0.15, -0.1) is 0 Å². The summed E-state index contributed by atoms with van der Waals surface area (Å²) < 4.78 is 37.9. The highest BCUT2D eigenvalue weighted by Crippen LogP contribution is 2.23. The lowest BCUT2D eigenvalue weighted by atomic mass is 10.1. The number of nitrogens with zero attached hydrogens (tertiary/aromatic N) is 3. The molecule has 0 radical (unpaired) electrons. The molecule has 0 spiro atoms. The molecule has 0 aliphatic carbocycles. The van der Waals surface area contributed by atoms with Gasteiger partial charge in [0.05, 0.1) is 0 Å². The van der Waals surface area contributed by atoms with E-state index in [1.807, 2.05) is 35.2 Å².